The fourth-order valence-corrected chi connectivity index (χ4v) is 5.20. The molecule has 2 aliphatic heterocycles. The minimum atomic E-state index is -3.67. The van der Waals surface area contributed by atoms with E-state index in [0.29, 0.717) is 24.3 Å². The van der Waals surface area contributed by atoms with E-state index in [9.17, 15) is 13.5 Å². The fourth-order valence-electron chi connectivity index (χ4n) is 2.77. The first-order valence-electron chi connectivity index (χ1n) is 6.98. The SMILES string of the molecule is O=S(=O)(c1cccc2c1N=S=N2)N1CCCCCC1CO. The highest BCUT2D eigenvalue weighted by molar-refractivity contribution is 7.89. The monoisotopic (exact) mass is 327 g/mol. The van der Waals surface area contributed by atoms with Gasteiger partial charge in [0.2, 0.25) is 10.0 Å². The molecule has 1 fully saturated rings. The van der Waals surface area contributed by atoms with Crippen LogP contribution in [0.2, 0.25) is 0 Å². The van der Waals surface area contributed by atoms with Crippen LogP contribution in [-0.2, 0) is 21.4 Å². The first kappa shape index (κ1) is 14.8. The van der Waals surface area contributed by atoms with Gasteiger partial charge in [-0.25, -0.2) is 8.42 Å². The number of hydrogen-bond acceptors (Lipinski definition) is 5. The van der Waals surface area contributed by atoms with Crippen molar-refractivity contribution in [1.82, 2.24) is 4.31 Å². The van der Waals surface area contributed by atoms with Crippen molar-refractivity contribution in [3.63, 3.8) is 0 Å². The first-order chi connectivity index (χ1) is 10.1. The lowest BCUT2D eigenvalue weighted by atomic mass is 10.1. The molecular formula is C13H17N3O3S2. The van der Waals surface area contributed by atoms with E-state index in [2.05, 4.69) is 8.73 Å². The van der Waals surface area contributed by atoms with E-state index in [-0.39, 0.29) is 17.5 Å². The second kappa shape index (κ2) is 5.96. The van der Waals surface area contributed by atoms with Gasteiger partial charge < -0.3 is 5.11 Å². The molecule has 1 unspecified atom stereocenters. The van der Waals surface area contributed by atoms with E-state index in [1.54, 1.807) is 18.2 Å². The smallest absolute Gasteiger partial charge is 0.245 e. The third-order valence-corrected chi connectivity index (χ3v) is 6.40. The highest BCUT2D eigenvalue weighted by Crippen LogP contribution is 2.39. The van der Waals surface area contributed by atoms with Gasteiger partial charge in [0.05, 0.1) is 18.0 Å². The number of aliphatic hydroxyl groups is 1. The van der Waals surface area contributed by atoms with Crippen LogP contribution in [-0.4, -0.2) is 37.0 Å². The normalized spacial score (nSPS) is 22.6. The highest BCUT2D eigenvalue weighted by Gasteiger charge is 2.34. The Labute approximate surface area is 127 Å². The van der Waals surface area contributed by atoms with Crippen LogP contribution in [0.15, 0.2) is 31.8 Å². The topological polar surface area (TPSA) is 82.3 Å². The van der Waals surface area contributed by atoms with Crippen LogP contribution in [0.25, 0.3) is 0 Å². The molecule has 3 rings (SSSR count). The molecule has 1 atom stereocenters. The number of fused-ring (bicyclic) bond motifs is 1. The number of sulfonamides is 1. The van der Waals surface area contributed by atoms with Gasteiger partial charge in [0.25, 0.3) is 0 Å². The molecule has 0 aliphatic carbocycles. The Balaban J connectivity index is 2.04. The summed E-state index contributed by atoms with van der Waals surface area (Å²) in [5, 5.41) is 9.54. The zero-order chi connectivity index (χ0) is 14.9. The van der Waals surface area contributed by atoms with Gasteiger partial charge in [-0.1, -0.05) is 18.9 Å². The molecular weight excluding hydrogens is 310 g/mol. The summed E-state index contributed by atoms with van der Waals surface area (Å²) in [5.74, 6) is 0. The molecule has 0 bridgehead atoms. The molecule has 21 heavy (non-hydrogen) atoms. The average Bonchev–Trinajstić information content (AvgIpc) is 2.82. The maximum Gasteiger partial charge on any atom is 0.245 e. The molecule has 0 spiro atoms. The summed E-state index contributed by atoms with van der Waals surface area (Å²) in [6.07, 6.45) is 3.45. The predicted octanol–water partition coefficient (Wildman–Crippen LogP) is 2.34. The van der Waals surface area contributed by atoms with E-state index in [0.717, 1.165) is 30.6 Å². The van der Waals surface area contributed by atoms with Crippen molar-refractivity contribution in [3.05, 3.63) is 18.2 Å². The van der Waals surface area contributed by atoms with E-state index in [1.165, 1.54) is 4.31 Å². The lowest BCUT2D eigenvalue weighted by Gasteiger charge is -2.28. The molecule has 8 heteroatoms. The molecule has 1 N–H and O–H groups in total. The molecule has 2 heterocycles. The Bertz CT molecular complexity index is 711. The van der Waals surface area contributed by atoms with Crippen LogP contribution in [0.3, 0.4) is 0 Å². The minimum Gasteiger partial charge on any atom is -0.395 e. The van der Waals surface area contributed by atoms with Gasteiger partial charge in [-0.15, -0.1) is 0 Å². The molecule has 0 aromatic heterocycles. The van der Waals surface area contributed by atoms with Crippen molar-refractivity contribution in [2.75, 3.05) is 13.2 Å². The number of benzene rings is 1. The van der Waals surface area contributed by atoms with Crippen molar-refractivity contribution in [2.45, 2.75) is 36.6 Å². The zero-order valence-electron chi connectivity index (χ0n) is 11.5. The van der Waals surface area contributed by atoms with Crippen LogP contribution in [0, 0.1) is 0 Å². The van der Waals surface area contributed by atoms with Crippen molar-refractivity contribution in [1.29, 1.82) is 0 Å². The van der Waals surface area contributed by atoms with Gasteiger partial charge in [-0.05, 0) is 25.0 Å². The van der Waals surface area contributed by atoms with Crippen molar-refractivity contribution in [2.24, 2.45) is 8.73 Å². The average molecular weight is 327 g/mol. The number of aliphatic hydroxyl groups excluding tert-OH is 1. The van der Waals surface area contributed by atoms with Gasteiger partial charge in [-0.2, -0.15) is 13.0 Å². The summed E-state index contributed by atoms with van der Waals surface area (Å²) < 4.78 is 35.6. The van der Waals surface area contributed by atoms with E-state index >= 15 is 0 Å². The van der Waals surface area contributed by atoms with Gasteiger partial charge in [-0.3, -0.25) is 0 Å². The van der Waals surface area contributed by atoms with Gasteiger partial charge in [0, 0.05) is 12.6 Å². The molecule has 114 valence electrons. The Morgan fingerprint density at radius 3 is 2.95 bits per heavy atom. The minimum absolute atomic E-state index is 0.148. The summed E-state index contributed by atoms with van der Waals surface area (Å²) in [7, 11) is -3.67. The number of rotatable bonds is 3. The van der Waals surface area contributed by atoms with Crippen molar-refractivity contribution >= 4 is 32.8 Å². The second-order valence-corrected chi connectivity index (χ2v) is 7.58. The van der Waals surface area contributed by atoms with Crippen LogP contribution < -0.4 is 0 Å². The van der Waals surface area contributed by atoms with Crippen molar-refractivity contribution < 1.29 is 13.5 Å². The standard InChI is InChI=1S/C13H17N3O3S2/c17-9-10-5-2-1-3-8-16(10)21(18,19)12-7-4-6-11-13(12)15-20-14-11/h4,6-7,10,17H,1-3,5,8-9H2. The van der Waals surface area contributed by atoms with E-state index in [1.807, 2.05) is 0 Å². The Morgan fingerprint density at radius 1 is 1.29 bits per heavy atom. The molecule has 2 aliphatic rings. The summed E-state index contributed by atoms with van der Waals surface area (Å²) in [5.41, 5.74) is 1.01. The summed E-state index contributed by atoms with van der Waals surface area (Å²) >= 11 is 1.01. The molecule has 0 saturated carbocycles. The van der Waals surface area contributed by atoms with E-state index in [4.69, 9.17) is 0 Å². The Hall–Kier alpha value is -1.09. The van der Waals surface area contributed by atoms with Gasteiger partial charge in [0.15, 0.2) is 0 Å². The molecule has 1 aromatic carbocycles. The van der Waals surface area contributed by atoms with Crippen LogP contribution >= 0.6 is 0 Å². The zero-order valence-corrected chi connectivity index (χ0v) is 13.1. The quantitative estimate of drug-likeness (QED) is 0.939. The molecule has 0 amide bonds. The lowest BCUT2D eigenvalue weighted by Crippen LogP contribution is -2.42. The Morgan fingerprint density at radius 2 is 2.14 bits per heavy atom. The lowest BCUT2D eigenvalue weighted by molar-refractivity contribution is 0.186. The summed E-state index contributed by atoms with van der Waals surface area (Å²) in [4.78, 5) is 0.189. The third kappa shape index (κ3) is 2.68. The molecule has 1 aromatic rings. The predicted molar refractivity (Wildman–Crippen MR) is 81.2 cm³/mol. The molecule has 6 nitrogen and oxygen atoms in total. The van der Waals surface area contributed by atoms with Gasteiger partial charge in [0.1, 0.15) is 16.3 Å². The van der Waals surface area contributed by atoms with Crippen LogP contribution in [0.4, 0.5) is 11.4 Å². The van der Waals surface area contributed by atoms with Crippen LogP contribution in [0.1, 0.15) is 25.7 Å². The molecule has 0 radical (unpaired) electrons. The van der Waals surface area contributed by atoms with Crippen LogP contribution in [0.5, 0.6) is 0 Å². The van der Waals surface area contributed by atoms with Gasteiger partial charge >= 0.3 is 0 Å². The summed E-state index contributed by atoms with van der Waals surface area (Å²) in [6, 6.07) is 4.66. The molecule has 1 saturated heterocycles. The van der Waals surface area contributed by atoms with Crippen molar-refractivity contribution in [3.8, 4) is 0 Å². The highest BCUT2D eigenvalue weighted by atomic mass is 32.2. The summed E-state index contributed by atoms with van der Waals surface area (Å²) in [6.45, 7) is 0.298. The number of hydrogen-bond donors (Lipinski definition) is 1. The largest absolute Gasteiger partial charge is 0.395 e. The Kier molecular flexibility index (Phi) is 4.21. The maximum absolute atomic E-state index is 13.0. The third-order valence-electron chi connectivity index (χ3n) is 3.87. The fraction of sp³-hybridized carbons (Fsp3) is 0.538. The second-order valence-electron chi connectivity index (χ2n) is 5.19. The first-order valence-corrected chi connectivity index (χ1v) is 9.15. The maximum atomic E-state index is 13.0. The van der Waals surface area contributed by atoms with E-state index < -0.39 is 10.0 Å². The number of nitrogens with zero attached hydrogens (tertiary/aromatic N) is 3.